The number of aromatic nitrogens is 1. The summed E-state index contributed by atoms with van der Waals surface area (Å²) >= 11 is 3.04. The Morgan fingerprint density at radius 1 is 1.57 bits per heavy atom. The van der Waals surface area contributed by atoms with Crippen molar-refractivity contribution in [2.45, 2.75) is 18.4 Å². The average Bonchev–Trinajstić information content (AvgIpc) is 2.15. The maximum Gasteiger partial charge on any atom is 0.267 e. The first-order valence-corrected chi connectivity index (χ1v) is 4.95. The molecule has 0 radical (unpaired) electrons. The van der Waals surface area contributed by atoms with E-state index in [-0.39, 0.29) is 28.9 Å². The zero-order chi connectivity index (χ0) is 10.7. The van der Waals surface area contributed by atoms with Gasteiger partial charge in [0.2, 0.25) is 0 Å². The third kappa shape index (κ3) is 2.19. The molecular formula is C8H9BrF2N2O. The van der Waals surface area contributed by atoms with Crippen LogP contribution < -0.4 is 5.73 Å². The average molecular weight is 267 g/mol. The van der Waals surface area contributed by atoms with Gasteiger partial charge in [-0.15, -0.1) is 0 Å². The van der Waals surface area contributed by atoms with Crippen molar-refractivity contribution in [1.29, 1.82) is 0 Å². The van der Waals surface area contributed by atoms with E-state index in [0.717, 1.165) is 0 Å². The monoisotopic (exact) mass is 266 g/mol. The summed E-state index contributed by atoms with van der Waals surface area (Å²) in [5.41, 5.74) is 5.59. The van der Waals surface area contributed by atoms with E-state index in [2.05, 4.69) is 20.9 Å². The van der Waals surface area contributed by atoms with Gasteiger partial charge in [0.1, 0.15) is 0 Å². The molecule has 0 spiro atoms. The molecule has 0 aliphatic carbocycles. The second-order valence-corrected chi connectivity index (χ2v) is 3.22. The summed E-state index contributed by atoms with van der Waals surface area (Å²) in [6, 6.07) is 1.26. The fraction of sp³-hybridized carbons (Fsp3) is 0.375. The summed E-state index contributed by atoms with van der Waals surface area (Å²) in [6.07, 6.45) is -2.65. The Kier molecular flexibility index (Phi) is 3.77. The van der Waals surface area contributed by atoms with Crippen LogP contribution in [0.3, 0.4) is 0 Å². The van der Waals surface area contributed by atoms with Gasteiger partial charge in [-0.1, -0.05) is 15.9 Å². The van der Waals surface area contributed by atoms with Crippen molar-refractivity contribution in [3.05, 3.63) is 23.0 Å². The van der Waals surface area contributed by atoms with Gasteiger partial charge in [0.15, 0.2) is 0 Å². The van der Waals surface area contributed by atoms with E-state index in [1.807, 2.05) is 0 Å². The SMILES string of the molecule is Nc1cc(CO)nc(CBr)c1C(F)F. The van der Waals surface area contributed by atoms with Gasteiger partial charge in [0, 0.05) is 11.0 Å². The van der Waals surface area contributed by atoms with Gasteiger partial charge >= 0.3 is 0 Å². The van der Waals surface area contributed by atoms with Gasteiger partial charge in [-0.25, -0.2) is 8.78 Å². The zero-order valence-electron chi connectivity index (χ0n) is 7.17. The Hall–Kier alpha value is -0.750. The largest absolute Gasteiger partial charge is 0.398 e. The number of aliphatic hydroxyl groups is 1. The Bertz CT molecular complexity index is 333. The molecule has 6 heteroatoms. The highest BCUT2D eigenvalue weighted by Crippen LogP contribution is 2.29. The molecule has 0 aromatic carbocycles. The van der Waals surface area contributed by atoms with Crippen molar-refractivity contribution in [1.82, 2.24) is 4.98 Å². The first kappa shape index (κ1) is 11.3. The predicted molar refractivity (Wildman–Crippen MR) is 52.2 cm³/mol. The second kappa shape index (κ2) is 4.65. The van der Waals surface area contributed by atoms with Crippen molar-refractivity contribution in [2.75, 3.05) is 5.73 Å². The number of alkyl halides is 3. The molecular weight excluding hydrogens is 258 g/mol. The van der Waals surface area contributed by atoms with Crippen LogP contribution in [-0.2, 0) is 11.9 Å². The number of hydrogen-bond donors (Lipinski definition) is 2. The number of nitrogens with zero attached hydrogens (tertiary/aromatic N) is 1. The van der Waals surface area contributed by atoms with E-state index in [0.29, 0.717) is 5.69 Å². The smallest absolute Gasteiger partial charge is 0.267 e. The predicted octanol–water partition coefficient (Wildman–Crippen LogP) is 1.99. The minimum absolute atomic E-state index is 0.0338. The van der Waals surface area contributed by atoms with E-state index in [9.17, 15) is 8.78 Å². The van der Waals surface area contributed by atoms with E-state index in [4.69, 9.17) is 10.8 Å². The molecule has 1 rings (SSSR count). The van der Waals surface area contributed by atoms with Gasteiger partial charge in [-0.3, -0.25) is 4.98 Å². The van der Waals surface area contributed by atoms with Gasteiger partial charge in [-0.05, 0) is 6.07 Å². The summed E-state index contributed by atoms with van der Waals surface area (Å²) in [4.78, 5) is 3.83. The number of hydrogen-bond acceptors (Lipinski definition) is 3. The van der Waals surface area contributed by atoms with E-state index < -0.39 is 6.43 Å². The molecule has 0 saturated carbocycles. The third-order valence-electron chi connectivity index (χ3n) is 1.73. The maximum absolute atomic E-state index is 12.5. The quantitative estimate of drug-likeness (QED) is 0.823. The lowest BCUT2D eigenvalue weighted by atomic mass is 10.1. The lowest BCUT2D eigenvalue weighted by molar-refractivity contribution is 0.150. The van der Waals surface area contributed by atoms with Crippen LogP contribution in [0, 0.1) is 0 Å². The summed E-state index contributed by atoms with van der Waals surface area (Å²) in [5.74, 6) is 0. The standard InChI is InChI=1S/C8H9BrF2N2O/c9-2-6-7(8(10)11)5(12)1-4(3-14)13-6/h1,8,14H,2-3H2,(H2,12,13). The number of nitrogens with two attached hydrogens (primary N) is 1. The first-order chi connectivity index (χ1) is 6.60. The van der Waals surface area contributed by atoms with Gasteiger partial charge in [0.25, 0.3) is 6.43 Å². The molecule has 1 heterocycles. The van der Waals surface area contributed by atoms with Crippen LogP contribution in [0.25, 0.3) is 0 Å². The molecule has 0 fully saturated rings. The maximum atomic E-state index is 12.5. The molecule has 0 aliphatic heterocycles. The van der Waals surface area contributed by atoms with Crippen LogP contribution >= 0.6 is 15.9 Å². The Balaban J connectivity index is 3.27. The number of aliphatic hydroxyl groups excluding tert-OH is 1. The van der Waals surface area contributed by atoms with Gasteiger partial charge in [-0.2, -0.15) is 0 Å². The Labute approximate surface area is 88.1 Å². The van der Waals surface area contributed by atoms with E-state index in [1.165, 1.54) is 6.07 Å². The molecule has 0 atom stereocenters. The molecule has 0 bridgehead atoms. The lowest BCUT2D eigenvalue weighted by Gasteiger charge is -2.10. The van der Waals surface area contributed by atoms with Crippen LogP contribution in [-0.4, -0.2) is 10.1 Å². The summed E-state index contributed by atoms with van der Waals surface area (Å²) < 4.78 is 25.0. The molecule has 14 heavy (non-hydrogen) atoms. The summed E-state index contributed by atoms with van der Waals surface area (Å²) in [7, 11) is 0. The normalized spacial score (nSPS) is 10.9. The first-order valence-electron chi connectivity index (χ1n) is 3.83. The van der Waals surface area contributed by atoms with Crippen molar-refractivity contribution < 1.29 is 13.9 Å². The number of anilines is 1. The van der Waals surface area contributed by atoms with Gasteiger partial charge in [0.05, 0.1) is 23.6 Å². The van der Waals surface area contributed by atoms with Crippen molar-refractivity contribution >= 4 is 21.6 Å². The van der Waals surface area contributed by atoms with Crippen LogP contribution in [0.1, 0.15) is 23.4 Å². The number of rotatable bonds is 3. The molecule has 3 N–H and O–H groups in total. The topological polar surface area (TPSA) is 59.1 Å². The zero-order valence-corrected chi connectivity index (χ0v) is 8.76. The lowest BCUT2D eigenvalue weighted by Crippen LogP contribution is -2.05. The minimum Gasteiger partial charge on any atom is -0.398 e. The highest BCUT2D eigenvalue weighted by atomic mass is 79.9. The fourth-order valence-electron chi connectivity index (χ4n) is 1.12. The molecule has 3 nitrogen and oxygen atoms in total. The molecule has 78 valence electrons. The second-order valence-electron chi connectivity index (χ2n) is 2.66. The molecule has 0 amide bonds. The van der Waals surface area contributed by atoms with E-state index >= 15 is 0 Å². The molecule has 1 aromatic rings. The highest BCUT2D eigenvalue weighted by Gasteiger charge is 2.18. The van der Waals surface area contributed by atoms with Crippen molar-refractivity contribution in [3.63, 3.8) is 0 Å². The fourth-order valence-corrected chi connectivity index (χ4v) is 1.55. The van der Waals surface area contributed by atoms with Crippen LogP contribution in [0.5, 0.6) is 0 Å². The minimum atomic E-state index is -2.65. The highest BCUT2D eigenvalue weighted by molar-refractivity contribution is 9.08. The Morgan fingerprint density at radius 3 is 2.64 bits per heavy atom. The number of halogens is 3. The third-order valence-corrected chi connectivity index (χ3v) is 2.26. The summed E-state index contributed by atoms with van der Waals surface area (Å²) in [6.45, 7) is -0.312. The summed E-state index contributed by atoms with van der Waals surface area (Å²) in [5, 5.41) is 8.98. The van der Waals surface area contributed by atoms with Crippen LogP contribution in [0.2, 0.25) is 0 Å². The molecule has 0 saturated heterocycles. The van der Waals surface area contributed by atoms with Crippen LogP contribution in [0.15, 0.2) is 6.07 Å². The molecule has 0 aliphatic rings. The number of pyridine rings is 1. The van der Waals surface area contributed by atoms with Crippen LogP contribution in [0.4, 0.5) is 14.5 Å². The van der Waals surface area contributed by atoms with Crippen molar-refractivity contribution in [3.8, 4) is 0 Å². The van der Waals surface area contributed by atoms with Crippen molar-refractivity contribution in [2.24, 2.45) is 0 Å². The number of nitrogen functional groups attached to an aromatic ring is 1. The molecule has 1 aromatic heterocycles. The van der Waals surface area contributed by atoms with E-state index in [1.54, 1.807) is 0 Å². The van der Waals surface area contributed by atoms with Gasteiger partial charge < -0.3 is 10.8 Å². The Morgan fingerprint density at radius 2 is 2.21 bits per heavy atom. The molecule has 0 unspecified atom stereocenters.